The van der Waals surface area contributed by atoms with Crippen LogP contribution >= 0.6 is 15.9 Å². The van der Waals surface area contributed by atoms with Crippen LogP contribution in [0.1, 0.15) is 80.3 Å². The van der Waals surface area contributed by atoms with Gasteiger partial charge in [-0.2, -0.15) is 0 Å². The van der Waals surface area contributed by atoms with E-state index < -0.39 is 23.4 Å². The lowest BCUT2D eigenvalue weighted by Gasteiger charge is -2.21. The summed E-state index contributed by atoms with van der Waals surface area (Å²) in [7, 11) is 1.36. The summed E-state index contributed by atoms with van der Waals surface area (Å²) in [6.45, 7) is 5.65. The van der Waals surface area contributed by atoms with Gasteiger partial charge < -0.3 is 14.0 Å². The van der Waals surface area contributed by atoms with Crippen LogP contribution < -0.4 is 0 Å². The van der Waals surface area contributed by atoms with Gasteiger partial charge in [-0.15, -0.1) is 0 Å². The molecule has 2 aromatic carbocycles. The SMILES string of the molecule is COC(=O)c1ccc2c(C3CCCCC3)cn(C/C(=C/c3cc(F)ccc3Br)C(=O)OC(C)(C)C)c2c1. The minimum Gasteiger partial charge on any atom is -0.465 e. The van der Waals surface area contributed by atoms with Gasteiger partial charge in [-0.05, 0) is 87.1 Å². The number of benzene rings is 2. The molecule has 3 aromatic rings. The highest BCUT2D eigenvalue weighted by molar-refractivity contribution is 9.10. The lowest BCUT2D eigenvalue weighted by atomic mass is 9.84. The molecule has 0 radical (unpaired) electrons. The summed E-state index contributed by atoms with van der Waals surface area (Å²) in [5.41, 5.74) is 2.73. The molecule has 1 aromatic heterocycles. The average molecular weight is 570 g/mol. The van der Waals surface area contributed by atoms with Gasteiger partial charge >= 0.3 is 11.9 Å². The molecule has 0 aliphatic heterocycles. The molecule has 1 heterocycles. The molecule has 1 fully saturated rings. The Morgan fingerprint density at radius 2 is 1.84 bits per heavy atom. The summed E-state index contributed by atoms with van der Waals surface area (Å²) >= 11 is 3.46. The van der Waals surface area contributed by atoms with Crippen molar-refractivity contribution in [1.82, 2.24) is 4.57 Å². The first kappa shape index (κ1) is 27.1. The second-order valence-electron chi connectivity index (χ2n) is 10.6. The van der Waals surface area contributed by atoms with Gasteiger partial charge in [0.05, 0.1) is 24.8 Å². The maximum atomic E-state index is 14.1. The fraction of sp³-hybridized carbons (Fsp3) is 0.400. The van der Waals surface area contributed by atoms with Gasteiger partial charge in [-0.1, -0.05) is 41.3 Å². The van der Waals surface area contributed by atoms with Crippen molar-refractivity contribution in [3.63, 3.8) is 0 Å². The van der Waals surface area contributed by atoms with Crippen LogP contribution in [0.5, 0.6) is 0 Å². The summed E-state index contributed by atoms with van der Waals surface area (Å²) in [5, 5.41) is 1.06. The predicted molar refractivity (Wildman–Crippen MR) is 147 cm³/mol. The molecule has 0 bridgehead atoms. The third kappa shape index (κ3) is 6.50. The second kappa shape index (κ2) is 11.2. The standard InChI is InChI=1S/C30H33BrFNO4/c1-30(2,3)37-29(35)22(14-21-15-23(32)11-13-26(21)31)17-33-18-25(19-8-6-5-7-9-19)24-12-10-20(16-27(24)33)28(34)36-4/h10-16,18-19H,5-9,17H2,1-4H3/b22-14-. The molecule has 196 valence electrons. The van der Waals surface area contributed by atoms with E-state index in [4.69, 9.17) is 9.47 Å². The molecule has 0 spiro atoms. The van der Waals surface area contributed by atoms with Crippen LogP contribution in [-0.2, 0) is 20.8 Å². The van der Waals surface area contributed by atoms with Gasteiger partial charge in [0.2, 0.25) is 0 Å². The number of carbonyl (C=O) groups is 2. The Hall–Kier alpha value is -2.93. The average Bonchev–Trinajstić information content (AvgIpc) is 3.22. The molecule has 0 amide bonds. The summed E-state index contributed by atoms with van der Waals surface area (Å²) in [6.07, 6.45) is 9.61. The Bertz CT molecular complexity index is 1350. The van der Waals surface area contributed by atoms with E-state index in [1.807, 2.05) is 37.5 Å². The molecular formula is C30H33BrFNO4. The highest BCUT2D eigenvalue weighted by Gasteiger charge is 2.25. The monoisotopic (exact) mass is 569 g/mol. The molecule has 7 heteroatoms. The van der Waals surface area contributed by atoms with E-state index in [0.717, 1.165) is 23.7 Å². The number of aromatic nitrogens is 1. The van der Waals surface area contributed by atoms with E-state index in [-0.39, 0.29) is 6.54 Å². The van der Waals surface area contributed by atoms with Gasteiger partial charge in [0.1, 0.15) is 11.4 Å². The molecular weight excluding hydrogens is 537 g/mol. The predicted octanol–water partition coefficient (Wildman–Crippen LogP) is 7.80. The lowest BCUT2D eigenvalue weighted by Crippen LogP contribution is -2.26. The number of halogens is 2. The molecule has 0 saturated heterocycles. The van der Waals surface area contributed by atoms with Crippen molar-refractivity contribution in [2.75, 3.05) is 7.11 Å². The first-order valence-corrected chi connectivity index (χ1v) is 13.4. The van der Waals surface area contributed by atoms with Crippen LogP contribution in [0.3, 0.4) is 0 Å². The Labute approximate surface area is 225 Å². The topological polar surface area (TPSA) is 57.5 Å². The zero-order valence-electron chi connectivity index (χ0n) is 21.8. The van der Waals surface area contributed by atoms with Crippen LogP contribution in [0.25, 0.3) is 17.0 Å². The first-order valence-electron chi connectivity index (χ1n) is 12.7. The van der Waals surface area contributed by atoms with Crippen molar-refractivity contribution in [3.05, 3.63) is 75.1 Å². The second-order valence-corrected chi connectivity index (χ2v) is 11.5. The third-order valence-corrected chi connectivity index (χ3v) is 7.39. The van der Waals surface area contributed by atoms with Gasteiger partial charge in [-0.3, -0.25) is 0 Å². The van der Waals surface area contributed by atoms with Crippen molar-refractivity contribution in [1.29, 1.82) is 0 Å². The number of methoxy groups -OCH3 is 1. The van der Waals surface area contributed by atoms with Crippen LogP contribution in [0.4, 0.5) is 4.39 Å². The smallest absolute Gasteiger partial charge is 0.337 e. The van der Waals surface area contributed by atoms with Crippen molar-refractivity contribution >= 4 is 44.8 Å². The number of carbonyl (C=O) groups excluding carboxylic acids is 2. The number of nitrogens with zero attached hydrogens (tertiary/aromatic N) is 1. The quantitative estimate of drug-likeness (QED) is 0.224. The number of esters is 2. The highest BCUT2D eigenvalue weighted by atomic mass is 79.9. The van der Waals surface area contributed by atoms with Crippen LogP contribution in [0, 0.1) is 5.82 Å². The summed E-state index contributed by atoms with van der Waals surface area (Å²) < 4.78 is 27.4. The summed E-state index contributed by atoms with van der Waals surface area (Å²) in [6, 6.07) is 9.94. The summed E-state index contributed by atoms with van der Waals surface area (Å²) in [4.78, 5) is 25.7. The van der Waals surface area contributed by atoms with Crippen molar-refractivity contribution in [3.8, 4) is 0 Å². The van der Waals surface area contributed by atoms with E-state index in [2.05, 4.69) is 22.1 Å². The van der Waals surface area contributed by atoms with Crippen molar-refractivity contribution in [2.45, 2.75) is 70.9 Å². The largest absolute Gasteiger partial charge is 0.465 e. The fourth-order valence-electron chi connectivity index (χ4n) is 4.94. The lowest BCUT2D eigenvalue weighted by molar-refractivity contribution is -0.150. The maximum Gasteiger partial charge on any atom is 0.337 e. The van der Waals surface area contributed by atoms with Crippen molar-refractivity contribution in [2.24, 2.45) is 0 Å². The number of hydrogen-bond donors (Lipinski definition) is 0. The Morgan fingerprint density at radius 3 is 2.51 bits per heavy atom. The normalized spacial score (nSPS) is 15.1. The van der Waals surface area contributed by atoms with E-state index in [0.29, 0.717) is 27.1 Å². The molecule has 1 saturated carbocycles. The van der Waals surface area contributed by atoms with Crippen LogP contribution in [0.15, 0.2) is 52.6 Å². The number of ether oxygens (including phenoxy) is 2. The molecule has 1 aliphatic rings. The minimum atomic E-state index is -0.695. The number of hydrogen-bond acceptors (Lipinski definition) is 4. The molecule has 0 N–H and O–H groups in total. The molecule has 1 aliphatic carbocycles. The van der Waals surface area contributed by atoms with E-state index in [1.54, 1.807) is 18.2 Å². The Morgan fingerprint density at radius 1 is 1.11 bits per heavy atom. The third-order valence-electron chi connectivity index (χ3n) is 6.67. The van der Waals surface area contributed by atoms with E-state index >= 15 is 0 Å². The van der Waals surface area contributed by atoms with Gasteiger partial charge in [0.25, 0.3) is 0 Å². The molecule has 0 atom stereocenters. The molecule has 0 unspecified atom stereocenters. The van der Waals surface area contributed by atoms with Crippen LogP contribution in [0.2, 0.25) is 0 Å². The Balaban J connectivity index is 1.84. The highest BCUT2D eigenvalue weighted by Crippen LogP contribution is 2.38. The first-order chi connectivity index (χ1) is 17.6. The number of rotatable bonds is 6. The molecule has 5 nitrogen and oxygen atoms in total. The molecule has 4 rings (SSSR count). The van der Waals surface area contributed by atoms with Gasteiger partial charge in [0.15, 0.2) is 0 Å². The number of fused-ring (bicyclic) bond motifs is 1. The molecule has 37 heavy (non-hydrogen) atoms. The Kier molecular flexibility index (Phi) is 8.22. The summed E-state index contributed by atoms with van der Waals surface area (Å²) in [5.74, 6) is -0.867. The van der Waals surface area contributed by atoms with E-state index in [1.165, 1.54) is 44.1 Å². The van der Waals surface area contributed by atoms with Gasteiger partial charge in [-0.25, -0.2) is 14.0 Å². The fourth-order valence-corrected chi connectivity index (χ4v) is 5.31. The van der Waals surface area contributed by atoms with Crippen LogP contribution in [-0.4, -0.2) is 29.2 Å². The zero-order valence-corrected chi connectivity index (χ0v) is 23.4. The van der Waals surface area contributed by atoms with Crippen molar-refractivity contribution < 1.29 is 23.5 Å². The maximum absolute atomic E-state index is 14.1. The van der Waals surface area contributed by atoms with E-state index in [9.17, 15) is 14.0 Å². The zero-order chi connectivity index (χ0) is 26.7. The van der Waals surface area contributed by atoms with Gasteiger partial charge in [0, 0.05) is 21.6 Å². The minimum absolute atomic E-state index is 0.200.